The van der Waals surface area contributed by atoms with E-state index >= 15 is 0 Å². The van der Waals surface area contributed by atoms with E-state index in [1.807, 2.05) is 0 Å². The van der Waals surface area contributed by atoms with Gasteiger partial charge in [0.2, 0.25) is 0 Å². The van der Waals surface area contributed by atoms with Gasteiger partial charge in [0.25, 0.3) is 0 Å². The second-order valence-corrected chi connectivity index (χ2v) is 4.37. The van der Waals surface area contributed by atoms with E-state index < -0.39 is 0 Å². The first-order valence-corrected chi connectivity index (χ1v) is 5.71. The van der Waals surface area contributed by atoms with Crippen LogP contribution in [-0.2, 0) is 9.53 Å². The van der Waals surface area contributed by atoms with Gasteiger partial charge >= 0.3 is 5.97 Å². The molecule has 0 heterocycles. The molecule has 14 heavy (non-hydrogen) atoms. The molecule has 2 nitrogen and oxygen atoms in total. The van der Waals surface area contributed by atoms with Gasteiger partial charge in [-0.25, -0.2) is 0 Å². The van der Waals surface area contributed by atoms with Crippen molar-refractivity contribution in [1.29, 1.82) is 0 Å². The van der Waals surface area contributed by atoms with Crippen LogP contribution in [-0.4, -0.2) is 12.1 Å². The zero-order valence-corrected chi connectivity index (χ0v) is 8.58. The van der Waals surface area contributed by atoms with Gasteiger partial charge in [-0.2, -0.15) is 0 Å². The molecular formula is C12H18O2. The maximum absolute atomic E-state index is 11.5. The maximum Gasteiger partial charge on any atom is 0.306 e. The van der Waals surface area contributed by atoms with Gasteiger partial charge in [-0.05, 0) is 44.4 Å². The Morgan fingerprint density at radius 1 is 1.29 bits per heavy atom. The van der Waals surface area contributed by atoms with E-state index in [-0.39, 0.29) is 12.1 Å². The molecule has 1 fully saturated rings. The van der Waals surface area contributed by atoms with Crippen molar-refractivity contribution in [2.75, 3.05) is 0 Å². The molecule has 0 saturated heterocycles. The second kappa shape index (κ2) is 4.63. The second-order valence-electron chi connectivity index (χ2n) is 4.37. The van der Waals surface area contributed by atoms with Crippen LogP contribution in [0.15, 0.2) is 12.2 Å². The quantitative estimate of drug-likeness (QED) is 0.510. The fourth-order valence-electron chi connectivity index (χ4n) is 2.32. The number of ether oxygens (including phenoxy) is 1. The van der Waals surface area contributed by atoms with Crippen LogP contribution in [0.1, 0.15) is 44.9 Å². The fraction of sp³-hybridized carbons (Fsp3) is 0.750. The summed E-state index contributed by atoms with van der Waals surface area (Å²) in [5.41, 5.74) is 0. The van der Waals surface area contributed by atoms with Gasteiger partial charge in [0.05, 0.1) is 6.42 Å². The third-order valence-electron chi connectivity index (χ3n) is 3.14. The predicted molar refractivity (Wildman–Crippen MR) is 54.8 cm³/mol. The average Bonchev–Trinajstić information content (AvgIpc) is 2.76. The highest BCUT2D eigenvalue weighted by atomic mass is 16.5. The summed E-state index contributed by atoms with van der Waals surface area (Å²) >= 11 is 0. The third-order valence-corrected chi connectivity index (χ3v) is 3.14. The zero-order valence-electron chi connectivity index (χ0n) is 8.58. The molecule has 0 aromatic carbocycles. The molecule has 0 aromatic heterocycles. The van der Waals surface area contributed by atoms with Gasteiger partial charge in [0.1, 0.15) is 6.10 Å². The van der Waals surface area contributed by atoms with Crippen LogP contribution in [0.4, 0.5) is 0 Å². The van der Waals surface area contributed by atoms with E-state index in [1.165, 1.54) is 12.8 Å². The number of hydrogen-bond donors (Lipinski definition) is 0. The Balaban J connectivity index is 1.69. The molecule has 1 unspecified atom stereocenters. The monoisotopic (exact) mass is 194 g/mol. The van der Waals surface area contributed by atoms with Crippen molar-refractivity contribution in [2.45, 2.75) is 51.0 Å². The Morgan fingerprint density at radius 3 is 2.71 bits per heavy atom. The van der Waals surface area contributed by atoms with Gasteiger partial charge < -0.3 is 4.74 Å². The minimum atomic E-state index is 0.00782. The largest absolute Gasteiger partial charge is 0.462 e. The van der Waals surface area contributed by atoms with E-state index in [9.17, 15) is 4.79 Å². The summed E-state index contributed by atoms with van der Waals surface area (Å²) in [5.74, 6) is 0.456. The molecule has 0 aliphatic heterocycles. The lowest BCUT2D eigenvalue weighted by Crippen LogP contribution is -2.16. The van der Waals surface area contributed by atoms with E-state index in [2.05, 4.69) is 12.2 Å². The standard InChI is InChI=1S/C12H18O2/c13-12(9-10-5-1-2-6-10)14-11-7-3-4-8-11/h1,5,10-11H,2-4,6-9H2. The van der Waals surface area contributed by atoms with E-state index in [0.717, 1.165) is 25.7 Å². The molecule has 1 atom stereocenters. The normalized spacial score (nSPS) is 27.0. The number of rotatable bonds is 3. The Bertz CT molecular complexity index is 226. The number of allylic oxidation sites excluding steroid dienone is 2. The number of carbonyl (C=O) groups excluding carboxylic acids is 1. The van der Waals surface area contributed by atoms with Gasteiger partial charge in [-0.3, -0.25) is 4.79 Å². The topological polar surface area (TPSA) is 26.3 Å². The molecule has 2 aliphatic rings. The van der Waals surface area contributed by atoms with Crippen molar-refractivity contribution in [3.63, 3.8) is 0 Å². The number of hydrogen-bond acceptors (Lipinski definition) is 2. The van der Waals surface area contributed by atoms with E-state index in [1.54, 1.807) is 0 Å². The fourth-order valence-corrected chi connectivity index (χ4v) is 2.32. The van der Waals surface area contributed by atoms with Gasteiger partial charge in [0.15, 0.2) is 0 Å². The van der Waals surface area contributed by atoms with Crippen LogP contribution in [0, 0.1) is 5.92 Å². The highest BCUT2D eigenvalue weighted by Gasteiger charge is 2.21. The predicted octanol–water partition coefficient (Wildman–Crippen LogP) is 2.83. The lowest BCUT2D eigenvalue weighted by Gasteiger charge is -2.12. The number of carbonyl (C=O) groups is 1. The van der Waals surface area contributed by atoms with Crippen molar-refractivity contribution >= 4 is 5.97 Å². The molecule has 78 valence electrons. The molecule has 0 amide bonds. The Hall–Kier alpha value is -0.790. The minimum absolute atomic E-state index is 0.00782. The van der Waals surface area contributed by atoms with Crippen LogP contribution in [0.25, 0.3) is 0 Å². The van der Waals surface area contributed by atoms with Crippen molar-refractivity contribution in [1.82, 2.24) is 0 Å². The third kappa shape index (κ3) is 2.60. The summed E-state index contributed by atoms with van der Waals surface area (Å²) in [5, 5.41) is 0. The highest BCUT2D eigenvalue weighted by Crippen LogP contribution is 2.24. The summed E-state index contributed by atoms with van der Waals surface area (Å²) in [4.78, 5) is 11.5. The van der Waals surface area contributed by atoms with Crippen molar-refractivity contribution in [3.05, 3.63) is 12.2 Å². The van der Waals surface area contributed by atoms with E-state index in [4.69, 9.17) is 4.74 Å². The van der Waals surface area contributed by atoms with Gasteiger partial charge in [-0.15, -0.1) is 0 Å². The Morgan fingerprint density at radius 2 is 2.07 bits per heavy atom. The summed E-state index contributed by atoms with van der Waals surface area (Å²) in [6, 6.07) is 0. The van der Waals surface area contributed by atoms with Crippen molar-refractivity contribution in [3.8, 4) is 0 Å². The summed E-state index contributed by atoms with van der Waals surface area (Å²) in [7, 11) is 0. The first-order valence-electron chi connectivity index (χ1n) is 5.71. The highest BCUT2D eigenvalue weighted by molar-refractivity contribution is 5.70. The van der Waals surface area contributed by atoms with Crippen molar-refractivity contribution in [2.24, 2.45) is 5.92 Å². The zero-order chi connectivity index (χ0) is 9.80. The molecule has 0 aromatic rings. The molecule has 2 rings (SSSR count). The SMILES string of the molecule is O=C(CC1C=CCC1)OC1CCCC1. The molecule has 2 aliphatic carbocycles. The van der Waals surface area contributed by atoms with Crippen LogP contribution in [0.3, 0.4) is 0 Å². The lowest BCUT2D eigenvalue weighted by molar-refractivity contribution is -0.149. The maximum atomic E-state index is 11.5. The van der Waals surface area contributed by atoms with Crippen LogP contribution < -0.4 is 0 Å². The molecule has 0 bridgehead atoms. The Kier molecular flexibility index (Phi) is 3.22. The average molecular weight is 194 g/mol. The minimum Gasteiger partial charge on any atom is -0.462 e. The lowest BCUT2D eigenvalue weighted by atomic mass is 10.1. The van der Waals surface area contributed by atoms with Crippen LogP contribution in [0.2, 0.25) is 0 Å². The smallest absolute Gasteiger partial charge is 0.306 e. The molecule has 0 radical (unpaired) electrons. The molecular weight excluding hydrogens is 176 g/mol. The summed E-state index contributed by atoms with van der Waals surface area (Å²) in [6.07, 6.45) is 12.0. The van der Waals surface area contributed by atoms with Gasteiger partial charge in [-0.1, -0.05) is 12.2 Å². The van der Waals surface area contributed by atoms with E-state index in [0.29, 0.717) is 12.3 Å². The molecule has 2 heteroatoms. The summed E-state index contributed by atoms with van der Waals surface area (Å²) < 4.78 is 5.40. The molecule has 0 N–H and O–H groups in total. The van der Waals surface area contributed by atoms with Crippen LogP contribution >= 0.6 is 0 Å². The first-order chi connectivity index (χ1) is 6.84. The summed E-state index contributed by atoms with van der Waals surface area (Å²) in [6.45, 7) is 0. The Labute approximate surface area is 85.3 Å². The van der Waals surface area contributed by atoms with Crippen LogP contribution in [0.5, 0.6) is 0 Å². The van der Waals surface area contributed by atoms with Crippen molar-refractivity contribution < 1.29 is 9.53 Å². The first kappa shape index (κ1) is 9.75. The molecule has 1 saturated carbocycles. The molecule has 0 spiro atoms. The van der Waals surface area contributed by atoms with Gasteiger partial charge in [0, 0.05) is 0 Å². The number of esters is 1.